The summed E-state index contributed by atoms with van der Waals surface area (Å²) >= 11 is 5.84. The van der Waals surface area contributed by atoms with Crippen LogP contribution in [0.5, 0.6) is 17.2 Å². The fourth-order valence-electron chi connectivity index (χ4n) is 2.59. The minimum atomic E-state index is -0.548. The molecule has 158 valence electrons. The zero-order chi connectivity index (χ0) is 22.2. The number of hydrogen-bond acceptors (Lipinski definition) is 6. The molecule has 0 aliphatic heterocycles. The van der Waals surface area contributed by atoms with E-state index in [2.05, 4.69) is 10.5 Å². The monoisotopic (exact) mass is 438 g/mol. The summed E-state index contributed by atoms with van der Waals surface area (Å²) in [5.41, 5.74) is 3.41. The van der Waals surface area contributed by atoms with Crippen LogP contribution in [0.4, 0.5) is 0 Å². The number of para-hydroxylation sites is 1. The Labute approximate surface area is 183 Å². The van der Waals surface area contributed by atoms with Gasteiger partial charge in [0.25, 0.3) is 5.91 Å². The Balaban J connectivity index is 1.71. The Morgan fingerprint density at radius 3 is 2.52 bits per heavy atom. The Morgan fingerprint density at radius 2 is 1.81 bits per heavy atom. The van der Waals surface area contributed by atoms with Crippen LogP contribution in [-0.4, -0.2) is 29.8 Å². The van der Waals surface area contributed by atoms with Gasteiger partial charge in [-0.25, -0.2) is 10.2 Å². The zero-order valence-electron chi connectivity index (χ0n) is 16.5. The second-order valence-corrected chi connectivity index (χ2v) is 6.69. The second kappa shape index (κ2) is 10.3. The van der Waals surface area contributed by atoms with Crippen molar-refractivity contribution in [2.24, 2.45) is 5.10 Å². The number of carbonyl (C=O) groups is 2. The number of phenolic OH excluding ortho intramolecular Hbond substituents is 1. The highest BCUT2D eigenvalue weighted by Crippen LogP contribution is 2.29. The van der Waals surface area contributed by atoms with Crippen molar-refractivity contribution in [3.63, 3.8) is 0 Å². The fourth-order valence-corrected chi connectivity index (χ4v) is 2.72. The van der Waals surface area contributed by atoms with Gasteiger partial charge in [-0.05, 0) is 67.1 Å². The maximum absolute atomic E-state index is 12.4. The molecule has 7 nitrogen and oxygen atoms in total. The van der Waals surface area contributed by atoms with Gasteiger partial charge in [0.15, 0.2) is 11.5 Å². The Bertz CT molecular complexity index is 1110. The molecule has 0 fully saturated rings. The minimum absolute atomic E-state index is 0.110. The summed E-state index contributed by atoms with van der Waals surface area (Å²) in [6.45, 7) is 2.16. The molecule has 1 amide bonds. The van der Waals surface area contributed by atoms with Crippen molar-refractivity contribution in [3.8, 4) is 17.2 Å². The van der Waals surface area contributed by atoms with E-state index in [4.69, 9.17) is 21.1 Å². The van der Waals surface area contributed by atoms with Gasteiger partial charge in [0.05, 0.1) is 23.9 Å². The van der Waals surface area contributed by atoms with Gasteiger partial charge in [0.1, 0.15) is 5.75 Å². The molecule has 0 heterocycles. The molecule has 3 aromatic carbocycles. The van der Waals surface area contributed by atoms with Crippen LogP contribution >= 0.6 is 11.6 Å². The van der Waals surface area contributed by atoms with E-state index in [0.29, 0.717) is 28.5 Å². The van der Waals surface area contributed by atoms with Crippen molar-refractivity contribution in [2.75, 3.05) is 6.61 Å². The SMILES string of the molecule is CCOc1cc(/C=N/NC(=O)c2ccccc2O)ccc1OC(=O)c1ccc(Cl)cc1. The number of hydrogen-bond donors (Lipinski definition) is 2. The van der Waals surface area contributed by atoms with E-state index in [9.17, 15) is 14.7 Å². The number of phenols is 1. The molecule has 0 aliphatic rings. The quantitative estimate of drug-likeness (QED) is 0.246. The van der Waals surface area contributed by atoms with E-state index in [1.165, 1.54) is 18.3 Å². The van der Waals surface area contributed by atoms with Crippen molar-refractivity contribution in [3.05, 3.63) is 88.4 Å². The van der Waals surface area contributed by atoms with E-state index in [-0.39, 0.29) is 17.1 Å². The Kier molecular flexibility index (Phi) is 7.24. The summed E-state index contributed by atoms with van der Waals surface area (Å²) in [6, 6.07) is 17.3. The van der Waals surface area contributed by atoms with Gasteiger partial charge in [-0.2, -0.15) is 5.10 Å². The summed E-state index contributed by atoms with van der Waals surface area (Å²) < 4.78 is 11.0. The van der Waals surface area contributed by atoms with E-state index in [0.717, 1.165) is 0 Å². The van der Waals surface area contributed by atoms with Crippen LogP contribution in [0.15, 0.2) is 71.8 Å². The molecule has 0 saturated carbocycles. The first-order valence-corrected chi connectivity index (χ1v) is 9.71. The number of nitrogens with one attached hydrogen (secondary N) is 1. The molecule has 31 heavy (non-hydrogen) atoms. The largest absolute Gasteiger partial charge is 0.507 e. The topological polar surface area (TPSA) is 97.2 Å². The van der Waals surface area contributed by atoms with Crippen LogP contribution in [0, 0.1) is 0 Å². The summed E-state index contributed by atoms with van der Waals surface area (Å²) in [6.07, 6.45) is 1.41. The van der Waals surface area contributed by atoms with Crippen molar-refractivity contribution in [1.29, 1.82) is 0 Å². The van der Waals surface area contributed by atoms with Crippen LogP contribution in [-0.2, 0) is 0 Å². The van der Waals surface area contributed by atoms with E-state index >= 15 is 0 Å². The molecule has 3 rings (SSSR count). The van der Waals surface area contributed by atoms with Gasteiger partial charge >= 0.3 is 5.97 Å². The van der Waals surface area contributed by atoms with Crippen LogP contribution in [0.3, 0.4) is 0 Å². The number of rotatable bonds is 7. The Morgan fingerprint density at radius 1 is 1.06 bits per heavy atom. The molecular formula is C23H19ClN2O5. The lowest BCUT2D eigenvalue weighted by Crippen LogP contribution is -2.17. The highest BCUT2D eigenvalue weighted by atomic mass is 35.5. The molecule has 0 saturated heterocycles. The maximum atomic E-state index is 12.4. The van der Waals surface area contributed by atoms with Crippen molar-refractivity contribution < 1.29 is 24.2 Å². The van der Waals surface area contributed by atoms with Crippen molar-refractivity contribution >= 4 is 29.7 Å². The lowest BCUT2D eigenvalue weighted by Gasteiger charge is -2.11. The molecule has 0 aliphatic carbocycles. The first-order chi connectivity index (χ1) is 15.0. The molecule has 0 aromatic heterocycles. The average molecular weight is 439 g/mol. The lowest BCUT2D eigenvalue weighted by atomic mass is 10.2. The number of esters is 1. The minimum Gasteiger partial charge on any atom is -0.507 e. The number of nitrogens with zero attached hydrogens (tertiary/aromatic N) is 1. The molecule has 0 spiro atoms. The van der Waals surface area contributed by atoms with Gasteiger partial charge in [-0.15, -0.1) is 0 Å². The third-order valence-corrected chi connectivity index (χ3v) is 4.33. The molecular weight excluding hydrogens is 420 g/mol. The van der Waals surface area contributed by atoms with Crippen LogP contribution in [0.25, 0.3) is 0 Å². The van der Waals surface area contributed by atoms with E-state index < -0.39 is 11.9 Å². The number of amides is 1. The zero-order valence-corrected chi connectivity index (χ0v) is 17.3. The second-order valence-electron chi connectivity index (χ2n) is 6.25. The Hall–Kier alpha value is -3.84. The molecule has 3 aromatic rings. The van der Waals surface area contributed by atoms with Gasteiger partial charge < -0.3 is 14.6 Å². The number of hydrazone groups is 1. The highest BCUT2D eigenvalue weighted by Gasteiger charge is 2.13. The molecule has 0 atom stereocenters. The first-order valence-electron chi connectivity index (χ1n) is 9.34. The van der Waals surface area contributed by atoms with Gasteiger partial charge in [-0.3, -0.25) is 4.79 Å². The number of benzene rings is 3. The van der Waals surface area contributed by atoms with Crippen LogP contribution in [0.2, 0.25) is 5.02 Å². The van der Waals surface area contributed by atoms with Crippen molar-refractivity contribution in [2.45, 2.75) is 6.92 Å². The van der Waals surface area contributed by atoms with Crippen LogP contribution < -0.4 is 14.9 Å². The molecule has 0 radical (unpaired) electrons. The van der Waals surface area contributed by atoms with Gasteiger partial charge in [-0.1, -0.05) is 23.7 Å². The molecule has 2 N–H and O–H groups in total. The average Bonchev–Trinajstić information content (AvgIpc) is 2.76. The first kappa shape index (κ1) is 21.9. The van der Waals surface area contributed by atoms with E-state index in [1.807, 2.05) is 0 Å². The lowest BCUT2D eigenvalue weighted by molar-refractivity contribution is 0.0728. The van der Waals surface area contributed by atoms with Gasteiger partial charge in [0.2, 0.25) is 0 Å². The molecule has 8 heteroatoms. The summed E-state index contributed by atoms with van der Waals surface area (Å²) in [4.78, 5) is 24.4. The predicted molar refractivity (Wildman–Crippen MR) is 117 cm³/mol. The third-order valence-electron chi connectivity index (χ3n) is 4.08. The number of aromatic hydroxyl groups is 1. The molecule has 0 bridgehead atoms. The normalized spacial score (nSPS) is 10.6. The number of carbonyl (C=O) groups excluding carboxylic acids is 2. The summed E-state index contributed by atoms with van der Waals surface area (Å²) in [7, 11) is 0. The van der Waals surface area contributed by atoms with Crippen LogP contribution in [0.1, 0.15) is 33.2 Å². The van der Waals surface area contributed by atoms with Gasteiger partial charge in [0, 0.05) is 5.02 Å². The highest BCUT2D eigenvalue weighted by molar-refractivity contribution is 6.30. The standard InChI is InChI=1S/C23H19ClN2O5/c1-2-30-21-13-15(14-25-26-22(28)18-5-3-4-6-19(18)27)7-12-20(21)31-23(29)16-8-10-17(24)11-9-16/h3-14,27H,2H2,1H3,(H,26,28)/b25-14+. The predicted octanol–water partition coefficient (Wildman–Crippen LogP) is 4.43. The number of halogens is 1. The molecule has 0 unspecified atom stereocenters. The smallest absolute Gasteiger partial charge is 0.343 e. The summed E-state index contributed by atoms with van der Waals surface area (Å²) in [5, 5.41) is 14.1. The third kappa shape index (κ3) is 5.83. The van der Waals surface area contributed by atoms with E-state index in [1.54, 1.807) is 61.5 Å². The number of ether oxygens (including phenoxy) is 2. The summed E-state index contributed by atoms with van der Waals surface area (Å²) in [5.74, 6) is -0.638. The van der Waals surface area contributed by atoms with Crippen molar-refractivity contribution in [1.82, 2.24) is 5.43 Å². The maximum Gasteiger partial charge on any atom is 0.343 e. The fraction of sp³-hybridized carbons (Fsp3) is 0.0870.